The molecule has 19 heavy (non-hydrogen) atoms. The van der Waals surface area contributed by atoms with E-state index in [1.807, 2.05) is 23.6 Å². The molecule has 2 aromatic rings. The van der Waals surface area contributed by atoms with Crippen LogP contribution in [-0.4, -0.2) is 24.9 Å². The highest BCUT2D eigenvalue weighted by molar-refractivity contribution is 7.08. The fourth-order valence-corrected chi connectivity index (χ4v) is 2.18. The molecule has 0 spiro atoms. The third kappa shape index (κ3) is 3.93. The molecule has 2 amide bonds. The lowest BCUT2D eigenvalue weighted by molar-refractivity contribution is 0.0928. The van der Waals surface area contributed by atoms with E-state index in [9.17, 15) is 9.59 Å². The Bertz CT molecular complexity index is 538. The second-order valence-corrected chi connectivity index (χ2v) is 4.67. The fourth-order valence-electron chi connectivity index (χ4n) is 1.54. The molecule has 5 heteroatoms. The average Bonchev–Trinajstić information content (AvgIpc) is 2.98. The van der Waals surface area contributed by atoms with E-state index in [1.165, 1.54) is 11.3 Å². The monoisotopic (exact) mass is 274 g/mol. The first-order valence-corrected chi connectivity index (χ1v) is 6.85. The number of carbonyl (C=O) groups is 2. The molecule has 0 aliphatic carbocycles. The number of rotatable bonds is 5. The third-order valence-electron chi connectivity index (χ3n) is 2.52. The summed E-state index contributed by atoms with van der Waals surface area (Å²) in [6.45, 7) is 0.816. The Labute approximate surface area is 115 Å². The van der Waals surface area contributed by atoms with Crippen molar-refractivity contribution >= 4 is 23.2 Å². The molecular weight excluding hydrogens is 260 g/mol. The molecule has 1 aromatic carbocycles. The lowest BCUT2D eigenvalue weighted by atomic mass is 10.2. The van der Waals surface area contributed by atoms with Crippen molar-refractivity contribution in [1.29, 1.82) is 0 Å². The molecule has 4 nitrogen and oxygen atoms in total. The number of nitrogens with one attached hydrogen (secondary N) is 2. The number of amides is 2. The van der Waals surface area contributed by atoms with Crippen LogP contribution in [0.4, 0.5) is 0 Å². The van der Waals surface area contributed by atoms with E-state index in [0.717, 1.165) is 0 Å². The van der Waals surface area contributed by atoms with Gasteiger partial charge in [-0.3, -0.25) is 9.59 Å². The van der Waals surface area contributed by atoms with Gasteiger partial charge in [0.2, 0.25) is 0 Å². The lowest BCUT2D eigenvalue weighted by Crippen LogP contribution is -2.34. The number of hydrogen-bond donors (Lipinski definition) is 2. The van der Waals surface area contributed by atoms with Crippen molar-refractivity contribution < 1.29 is 9.59 Å². The quantitative estimate of drug-likeness (QED) is 0.818. The minimum Gasteiger partial charge on any atom is -0.350 e. The van der Waals surface area contributed by atoms with Gasteiger partial charge in [-0.15, -0.1) is 0 Å². The lowest BCUT2D eigenvalue weighted by Gasteiger charge is -2.06. The van der Waals surface area contributed by atoms with E-state index < -0.39 is 0 Å². The summed E-state index contributed by atoms with van der Waals surface area (Å²) in [5.41, 5.74) is 1.27. The van der Waals surface area contributed by atoms with E-state index in [2.05, 4.69) is 10.6 Å². The Morgan fingerprint density at radius 2 is 1.53 bits per heavy atom. The van der Waals surface area contributed by atoms with Gasteiger partial charge in [-0.05, 0) is 23.6 Å². The first-order valence-electron chi connectivity index (χ1n) is 5.91. The molecule has 98 valence electrons. The zero-order valence-corrected chi connectivity index (χ0v) is 11.1. The van der Waals surface area contributed by atoms with Crippen molar-refractivity contribution in [3.05, 3.63) is 58.3 Å². The highest BCUT2D eigenvalue weighted by Gasteiger charge is 2.06. The molecule has 0 bridgehead atoms. The maximum absolute atomic E-state index is 11.7. The van der Waals surface area contributed by atoms with Crippen LogP contribution in [0.1, 0.15) is 20.7 Å². The first-order chi connectivity index (χ1) is 9.27. The third-order valence-corrected chi connectivity index (χ3v) is 3.20. The van der Waals surface area contributed by atoms with E-state index in [0.29, 0.717) is 24.2 Å². The van der Waals surface area contributed by atoms with Gasteiger partial charge in [0.15, 0.2) is 0 Å². The summed E-state index contributed by atoms with van der Waals surface area (Å²) < 4.78 is 0. The van der Waals surface area contributed by atoms with Crippen LogP contribution in [0.15, 0.2) is 47.2 Å². The highest BCUT2D eigenvalue weighted by Crippen LogP contribution is 2.04. The van der Waals surface area contributed by atoms with Crippen LogP contribution in [0, 0.1) is 0 Å². The standard InChI is InChI=1S/C14H14N2O2S/c17-13(11-4-2-1-3-5-11)15-7-8-16-14(18)12-6-9-19-10-12/h1-6,9-10H,7-8H2,(H,15,17)(H,16,18). The summed E-state index contributed by atoms with van der Waals surface area (Å²) in [6, 6.07) is 10.7. The van der Waals surface area contributed by atoms with Crippen molar-refractivity contribution in [3.63, 3.8) is 0 Å². The van der Waals surface area contributed by atoms with Gasteiger partial charge in [0.05, 0.1) is 0 Å². The molecule has 0 radical (unpaired) electrons. The van der Waals surface area contributed by atoms with Crippen LogP contribution in [0.3, 0.4) is 0 Å². The van der Waals surface area contributed by atoms with Crippen molar-refractivity contribution in [2.24, 2.45) is 0 Å². The summed E-state index contributed by atoms with van der Waals surface area (Å²) in [5, 5.41) is 9.14. The average molecular weight is 274 g/mol. The molecule has 0 fully saturated rings. The first kappa shape index (κ1) is 13.3. The SMILES string of the molecule is O=C(NCCNC(=O)c1ccsc1)c1ccccc1. The van der Waals surface area contributed by atoms with Gasteiger partial charge in [-0.1, -0.05) is 18.2 Å². The maximum Gasteiger partial charge on any atom is 0.252 e. The van der Waals surface area contributed by atoms with Gasteiger partial charge in [0, 0.05) is 29.6 Å². The molecule has 0 aliphatic heterocycles. The second-order valence-electron chi connectivity index (χ2n) is 3.89. The van der Waals surface area contributed by atoms with E-state index in [-0.39, 0.29) is 11.8 Å². The highest BCUT2D eigenvalue weighted by atomic mass is 32.1. The van der Waals surface area contributed by atoms with Gasteiger partial charge in [0.25, 0.3) is 11.8 Å². The van der Waals surface area contributed by atoms with E-state index in [4.69, 9.17) is 0 Å². The number of benzene rings is 1. The number of carbonyl (C=O) groups excluding carboxylic acids is 2. The molecule has 0 saturated carbocycles. The minimum absolute atomic E-state index is 0.116. The van der Waals surface area contributed by atoms with Gasteiger partial charge in [-0.2, -0.15) is 11.3 Å². The smallest absolute Gasteiger partial charge is 0.252 e. The summed E-state index contributed by atoms with van der Waals surface area (Å²) >= 11 is 1.48. The van der Waals surface area contributed by atoms with Gasteiger partial charge in [0.1, 0.15) is 0 Å². The van der Waals surface area contributed by atoms with Crippen molar-refractivity contribution in [1.82, 2.24) is 10.6 Å². The molecule has 1 heterocycles. The van der Waals surface area contributed by atoms with Crippen LogP contribution < -0.4 is 10.6 Å². The van der Waals surface area contributed by atoms with Crippen LogP contribution in [0.5, 0.6) is 0 Å². The molecular formula is C14H14N2O2S. The Kier molecular flexibility index (Phi) is 4.69. The summed E-state index contributed by atoms with van der Waals surface area (Å²) in [5.74, 6) is -0.249. The van der Waals surface area contributed by atoms with E-state index >= 15 is 0 Å². The predicted octanol–water partition coefficient (Wildman–Crippen LogP) is 1.91. The van der Waals surface area contributed by atoms with Crippen molar-refractivity contribution in [3.8, 4) is 0 Å². The second kappa shape index (κ2) is 6.70. The predicted molar refractivity (Wildman–Crippen MR) is 75.4 cm³/mol. The Morgan fingerprint density at radius 1 is 0.895 bits per heavy atom. The Hall–Kier alpha value is -2.14. The van der Waals surface area contributed by atoms with Gasteiger partial charge >= 0.3 is 0 Å². The molecule has 0 unspecified atom stereocenters. The zero-order chi connectivity index (χ0) is 13.5. The maximum atomic E-state index is 11.7. The van der Waals surface area contributed by atoms with Crippen LogP contribution in [0.25, 0.3) is 0 Å². The molecule has 0 atom stereocenters. The summed E-state index contributed by atoms with van der Waals surface area (Å²) in [4.78, 5) is 23.3. The molecule has 2 N–H and O–H groups in total. The normalized spacial score (nSPS) is 9.89. The van der Waals surface area contributed by atoms with E-state index in [1.54, 1.807) is 23.6 Å². The fraction of sp³-hybridized carbons (Fsp3) is 0.143. The van der Waals surface area contributed by atoms with Crippen LogP contribution >= 0.6 is 11.3 Å². The zero-order valence-electron chi connectivity index (χ0n) is 10.3. The van der Waals surface area contributed by atoms with Gasteiger partial charge < -0.3 is 10.6 Å². The summed E-state index contributed by atoms with van der Waals surface area (Å²) in [6.07, 6.45) is 0. The molecule has 0 saturated heterocycles. The van der Waals surface area contributed by atoms with Crippen LogP contribution in [-0.2, 0) is 0 Å². The number of hydrogen-bond acceptors (Lipinski definition) is 3. The Morgan fingerprint density at radius 3 is 2.11 bits per heavy atom. The molecule has 0 aliphatic rings. The van der Waals surface area contributed by atoms with Crippen molar-refractivity contribution in [2.45, 2.75) is 0 Å². The largest absolute Gasteiger partial charge is 0.350 e. The topological polar surface area (TPSA) is 58.2 Å². The molecule has 1 aromatic heterocycles. The molecule has 2 rings (SSSR count). The number of thiophene rings is 1. The van der Waals surface area contributed by atoms with Crippen molar-refractivity contribution in [2.75, 3.05) is 13.1 Å². The van der Waals surface area contributed by atoms with Crippen LogP contribution in [0.2, 0.25) is 0 Å². The Balaban J connectivity index is 1.70. The summed E-state index contributed by atoms with van der Waals surface area (Å²) in [7, 11) is 0. The van der Waals surface area contributed by atoms with Gasteiger partial charge in [-0.25, -0.2) is 0 Å². The minimum atomic E-state index is -0.134.